The lowest BCUT2D eigenvalue weighted by Gasteiger charge is -2.59. The zero-order valence-electron chi connectivity index (χ0n) is 77.5. The lowest BCUT2D eigenvalue weighted by atomic mass is 9.61. The SMILES string of the molecule is CN1CCN(c2ccc3cc(-c4ccc5nccn5c4)c(=O)oc3c2)CC1.C[C@H]1CN(c2ccc3cc(-c4ccc5nccn5c4)c(=O)oc3c2)CCN1.Cc1cn2cc(-c3cc4ccc(N5CC6(CC(N)C6)C5)cc4oc3=O)nc2c(C)n1.O=c1oc2cc(N3CCN4CCC[C@H]4C3)ccc2cc1-c1ccc2nccn2c1.O=c1oc2cc(N3CCNCC3)ccc2cc1-c1ccc2nccn2c1. The van der Waals surface area contributed by atoms with Gasteiger partial charge in [-0.2, -0.15) is 0 Å². The van der Waals surface area contributed by atoms with Crippen LogP contribution in [-0.4, -0.2) is 198 Å². The van der Waals surface area contributed by atoms with Crippen LogP contribution in [0, 0.1) is 19.3 Å². The molecule has 5 aromatic carbocycles. The number of anilines is 5. The Labute approximate surface area is 795 Å². The van der Waals surface area contributed by atoms with E-state index in [0.29, 0.717) is 85.0 Å². The third kappa shape index (κ3) is 17.7. The van der Waals surface area contributed by atoms with Crippen molar-refractivity contribution in [3.8, 4) is 55.8 Å². The van der Waals surface area contributed by atoms with Crippen molar-refractivity contribution in [2.24, 2.45) is 11.1 Å². The summed E-state index contributed by atoms with van der Waals surface area (Å²) in [7, 11) is 2.14. The van der Waals surface area contributed by atoms with Crippen molar-refractivity contribution >= 4 is 112 Å². The van der Waals surface area contributed by atoms with Crippen molar-refractivity contribution in [3.63, 3.8) is 0 Å². The maximum absolute atomic E-state index is 12.8. The van der Waals surface area contributed by atoms with Crippen LogP contribution in [0.5, 0.6) is 0 Å². The van der Waals surface area contributed by atoms with Crippen LogP contribution in [0.1, 0.15) is 44.0 Å². The minimum absolute atomic E-state index is 0.310. The molecule has 31 nitrogen and oxygen atoms in total. The fraction of sp³-hybridized carbons (Fsp3) is 0.269. The number of nitrogens with zero attached hydrogens (tertiary/aromatic N) is 18. The summed E-state index contributed by atoms with van der Waals surface area (Å²) in [5, 5.41) is 11.4. The Morgan fingerprint density at radius 3 is 1.19 bits per heavy atom. The van der Waals surface area contributed by atoms with Gasteiger partial charge in [0.05, 0.1) is 44.9 Å². The molecule has 20 aromatic rings. The molecule has 31 heteroatoms. The molecule has 1 saturated carbocycles. The smallest absolute Gasteiger partial charge is 0.345 e. The average Bonchev–Trinajstić information content (AvgIpc) is 1.28. The van der Waals surface area contributed by atoms with Gasteiger partial charge in [0, 0.05) is 323 Å². The standard InChI is InChI=1S/C23H23N5O2.C23H22N4O2.2C21H20N4O2.C20H18N4O2/c1-13-9-27-10-19(26-21(27)14(2)25-13)18-5-15-3-4-17(6-20(15)30-22(18)29)28-11-23(12-28)7-16(24)8-23;28-23-20(17-4-6-22-24-7-9-27(22)14-17)12-16-3-5-18(13-21(16)29-23)26-11-10-25-8-1-2-19(25)15-26;1-14-12-24(8-6-22-14)17-4-2-15-10-18(21(26)27-19(15)11-17)16-3-5-20-23-7-9-25(20)13-16;1-23-8-10-24(11-9-23)17-4-2-15-12-18(21(26)27-19(15)13-17)16-3-5-20-22-6-7-25(20)14-16;25-20-17(15-2-4-19-22-7-10-24(19)13-15)11-14-1-3-16(12-18(14)26-20)23-8-5-21-6-9-23/h3-6,9-10,16H,7-8,11-12,24H2,1-2H3;3-7,9,12-14,19H,1-2,8,10-11,15H2;2-5,7,9-11,13-14,22H,6,8,12H2,1H3;2-7,12-14H,8-11H2,1H3;1-4,7,10-13,21H,5-6,8-9H2/t;19-;14-;;/m.00../s1. The lowest BCUT2D eigenvalue weighted by molar-refractivity contribution is 0.0665. The van der Waals surface area contributed by atoms with E-state index in [9.17, 15) is 24.0 Å². The Hall–Kier alpha value is -15.7. The highest BCUT2D eigenvalue weighted by molar-refractivity contribution is 5.90. The predicted octanol–water partition coefficient (Wildman–Crippen LogP) is 14.7. The van der Waals surface area contributed by atoms with Gasteiger partial charge in [0.25, 0.3) is 0 Å². The monoisotopic (exact) mass is 1850 g/mol. The first kappa shape index (κ1) is 87.4. The number of piperazine rings is 4. The van der Waals surface area contributed by atoms with Crippen molar-refractivity contribution in [1.29, 1.82) is 0 Å². The summed E-state index contributed by atoms with van der Waals surface area (Å²) in [5.74, 6) is 0. The van der Waals surface area contributed by atoms with Crippen LogP contribution in [0.25, 0.3) is 139 Å². The first-order chi connectivity index (χ1) is 67.7. The van der Waals surface area contributed by atoms with Gasteiger partial charge in [0.2, 0.25) is 0 Å². The van der Waals surface area contributed by atoms with E-state index in [4.69, 9.17) is 27.8 Å². The highest BCUT2D eigenvalue weighted by Crippen LogP contribution is 2.49. The minimum Gasteiger partial charge on any atom is -0.422 e. The summed E-state index contributed by atoms with van der Waals surface area (Å²) in [4.78, 5) is 106. The van der Waals surface area contributed by atoms with Crippen molar-refractivity contribution in [2.45, 2.75) is 64.6 Å². The molecule has 27 rings (SSSR count). The molecule has 139 heavy (non-hydrogen) atoms. The van der Waals surface area contributed by atoms with Gasteiger partial charge < -0.3 is 89.9 Å². The van der Waals surface area contributed by atoms with Gasteiger partial charge in [-0.1, -0.05) is 0 Å². The van der Waals surface area contributed by atoms with Gasteiger partial charge in [-0.15, -0.1) is 0 Å². The molecule has 7 aliphatic rings. The first-order valence-electron chi connectivity index (χ1n) is 47.6. The quantitative estimate of drug-likeness (QED) is 0.107. The largest absolute Gasteiger partial charge is 0.422 e. The van der Waals surface area contributed by atoms with Crippen LogP contribution >= 0.6 is 0 Å². The van der Waals surface area contributed by atoms with E-state index in [2.05, 4.69) is 125 Å². The molecule has 1 aliphatic carbocycles. The van der Waals surface area contributed by atoms with Gasteiger partial charge in [-0.3, -0.25) is 9.88 Å². The number of fused-ring (bicyclic) bond motifs is 11. The maximum Gasteiger partial charge on any atom is 0.345 e. The van der Waals surface area contributed by atoms with E-state index < -0.39 is 0 Å². The van der Waals surface area contributed by atoms with Crippen molar-refractivity contribution in [2.75, 3.05) is 143 Å². The van der Waals surface area contributed by atoms with Gasteiger partial charge in [0.1, 0.15) is 50.5 Å². The molecule has 0 unspecified atom stereocenters. The fourth-order valence-corrected chi connectivity index (χ4v) is 20.9. The van der Waals surface area contributed by atoms with Crippen molar-refractivity contribution < 1.29 is 22.1 Å². The Balaban J connectivity index is 0.0000000972. The average molecular weight is 1860 g/mol. The minimum atomic E-state index is -0.379. The number of nitrogens with two attached hydrogens (primary N) is 1. The fourth-order valence-electron chi connectivity index (χ4n) is 20.9. The van der Waals surface area contributed by atoms with Gasteiger partial charge in [-0.25, -0.2) is 48.9 Å². The van der Waals surface area contributed by atoms with Crippen LogP contribution < -0.4 is 69.0 Å². The van der Waals surface area contributed by atoms with Gasteiger partial charge >= 0.3 is 28.1 Å². The summed E-state index contributed by atoms with van der Waals surface area (Å²) in [6.45, 7) is 23.3. The highest BCUT2D eigenvalue weighted by atomic mass is 16.4. The number of aryl methyl sites for hydroxylation is 2. The Morgan fingerprint density at radius 1 is 0.381 bits per heavy atom. The second kappa shape index (κ2) is 36.4. The summed E-state index contributed by atoms with van der Waals surface area (Å²) < 4.78 is 37.9. The van der Waals surface area contributed by atoms with Gasteiger partial charge in [-0.05, 0) is 200 Å². The zero-order chi connectivity index (χ0) is 94.3. The Bertz CT molecular complexity index is 8450. The Morgan fingerprint density at radius 2 is 0.763 bits per heavy atom. The lowest BCUT2D eigenvalue weighted by Crippen LogP contribution is -2.65. The molecule has 700 valence electrons. The topological polar surface area (TPSA) is 323 Å². The number of nitrogens with one attached hydrogen (secondary N) is 2. The van der Waals surface area contributed by atoms with Crippen LogP contribution in [0.3, 0.4) is 0 Å². The molecule has 6 aliphatic heterocycles. The molecule has 7 fully saturated rings. The van der Waals surface area contributed by atoms with Crippen molar-refractivity contribution in [1.82, 2.24) is 72.3 Å². The normalized spacial score (nSPS) is 17.3. The summed E-state index contributed by atoms with van der Waals surface area (Å²) in [6.07, 6.45) is 30.6. The van der Waals surface area contributed by atoms with Crippen molar-refractivity contribution in [3.05, 3.63) is 320 Å². The van der Waals surface area contributed by atoms with E-state index in [1.54, 1.807) is 24.8 Å². The van der Waals surface area contributed by atoms with Gasteiger partial charge in [0.15, 0.2) is 5.65 Å². The molecular formula is C108H103N21O10. The van der Waals surface area contributed by atoms with E-state index in [-0.39, 0.29) is 28.1 Å². The molecule has 0 amide bonds. The summed E-state index contributed by atoms with van der Waals surface area (Å²) in [5.41, 5.74) is 25.8. The molecule has 15 aromatic heterocycles. The number of hydrogen-bond donors (Lipinski definition) is 3. The molecule has 4 N–H and O–H groups in total. The molecular weight excluding hydrogens is 1750 g/mol. The van der Waals surface area contributed by atoms with Crippen LogP contribution in [0.2, 0.25) is 0 Å². The predicted molar refractivity (Wildman–Crippen MR) is 544 cm³/mol. The van der Waals surface area contributed by atoms with E-state index in [0.717, 1.165) is 235 Å². The molecule has 0 radical (unpaired) electrons. The summed E-state index contributed by atoms with van der Waals surface area (Å²) in [6, 6.07) is 56.8. The maximum atomic E-state index is 12.8. The number of aromatic nitrogens is 11. The van der Waals surface area contributed by atoms with Crippen LogP contribution in [0.4, 0.5) is 28.4 Å². The number of pyridine rings is 4. The number of imidazole rings is 5. The van der Waals surface area contributed by atoms with Crippen LogP contribution in [0.15, 0.2) is 303 Å². The van der Waals surface area contributed by atoms with E-state index >= 15 is 0 Å². The number of rotatable bonds is 10. The number of hydrogen-bond acceptors (Lipinski definition) is 26. The number of benzene rings is 5. The molecule has 2 atom stereocenters. The first-order valence-corrected chi connectivity index (χ1v) is 47.6. The Kier molecular flexibility index (Phi) is 22.9. The zero-order valence-corrected chi connectivity index (χ0v) is 77.5. The third-order valence-electron chi connectivity index (χ3n) is 28.2. The third-order valence-corrected chi connectivity index (χ3v) is 28.2. The molecule has 1 spiro atoms. The molecule has 21 heterocycles. The molecule has 6 saturated heterocycles. The highest BCUT2D eigenvalue weighted by Gasteiger charge is 2.51. The van der Waals surface area contributed by atoms with E-state index in [1.165, 1.54) is 19.4 Å². The second-order valence-electron chi connectivity index (χ2n) is 37.7. The van der Waals surface area contributed by atoms with E-state index in [1.807, 2.05) is 231 Å². The van der Waals surface area contributed by atoms with Crippen LogP contribution in [-0.2, 0) is 0 Å². The molecule has 0 bridgehead atoms. The second-order valence-corrected chi connectivity index (χ2v) is 37.7. The summed E-state index contributed by atoms with van der Waals surface area (Å²) >= 11 is 0. The number of likely N-dealkylation sites (N-methyl/N-ethyl adjacent to an activating group) is 1.